The van der Waals surface area contributed by atoms with Crippen LogP contribution in [-0.4, -0.2) is 31.7 Å². The third kappa shape index (κ3) is 9.12. The number of carbonyl (C=O) groups is 1. The third-order valence-electron chi connectivity index (χ3n) is 2.74. The van der Waals surface area contributed by atoms with Crippen LogP contribution in [0.2, 0.25) is 0 Å². The lowest BCUT2D eigenvalue weighted by molar-refractivity contribution is -0.124. The SMILES string of the molecule is COC(CN)CC(=O)NC(C)CCC(C)(C)C. The molecule has 0 fully saturated rings. The van der Waals surface area contributed by atoms with E-state index in [1.807, 2.05) is 6.92 Å². The van der Waals surface area contributed by atoms with E-state index in [0.29, 0.717) is 18.4 Å². The molecular weight excluding hydrogens is 216 g/mol. The van der Waals surface area contributed by atoms with Gasteiger partial charge in [-0.25, -0.2) is 0 Å². The van der Waals surface area contributed by atoms with Crippen molar-refractivity contribution in [3.8, 4) is 0 Å². The molecule has 0 spiro atoms. The van der Waals surface area contributed by atoms with Crippen molar-refractivity contribution >= 4 is 5.91 Å². The van der Waals surface area contributed by atoms with E-state index >= 15 is 0 Å². The summed E-state index contributed by atoms with van der Waals surface area (Å²) >= 11 is 0. The summed E-state index contributed by atoms with van der Waals surface area (Å²) < 4.78 is 5.08. The molecule has 0 aromatic rings. The van der Waals surface area contributed by atoms with Crippen molar-refractivity contribution in [3.05, 3.63) is 0 Å². The summed E-state index contributed by atoms with van der Waals surface area (Å²) in [7, 11) is 1.58. The summed E-state index contributed by atoms with van der Waals surface area (Å²) in [6, 6.07) is 0.206. The Morgan fingerprint density at radius 2 is 2.00 bits per heavy atom. The predicted molar refractivity (Wildman–Crippen MR) is 70.8 cm³/mol. The molecule has 0 aliphatic heterocycles. The Bertz CT molecular complexity index is 220. The lowest BCUT2D eigenvalue weighted by atomic mass is 9.89. The van der Waals surface area contributed by atoms with E-state index in [2.05, 4.69) is 26.1 Å². The highest BCUT2D eigenvalue weighted by molar-refractivity contribution is 5.76. The standard InChI is InChI=1S/C13H28N2O2/c1-10(6-7-13(2,3)4)15-12(16)8-11(9-14)17-5/h10-11H,6-9,14H2,1-5H3,(H,15,16). The average Bonchev–Trinajstić information content (AvgIpc) is 2.22. The zero-order valence-electron chi connectivity index (χ0n) is 11.9. The summed E-state index contributed by atoms with van der Waals surface area (Å²) in [6.45, 7) is 9.03. The smallest absolute Gasteiger partial charge is 0.222 e. The zero-order chi connectivity index (χ0) is 13.5. The molecule has 0 rings (SSSR count). The van der Waals surface area contributed by atoms with Crippen molar-refractivity contribution in [1.29, 1.82) is 0 Å². The van der Waals surface area contributed by atoms with E-state index in [1.165, 1.54) is 0 Å². The second-order valence-corrected chi connectivity index (χ2v) is 5.87. The Morgan fingerprint density at radius 1 is 1.41 bits per heavy atom. The van der Waals surface area contributed by atoms with Gasteiger partial charge < -0.3 is 15.8 Å². The van der Waals surface area contributed by atoms with Crippen LogP contribution in [0.15, 0.2) is 0 Å². The first kappa shape index (κ1) is 16.4. The van der Waals surface area contributed by atoms with Gasteiger partial charge in [-0.05, 0) is 25.2 Å². The molecule has 102 valence electrons. The molecule has 17 heavy (non-hydrogen) atoms. The summed E-state index contributed by atoms with van der Waals surface area (Å²) in [4.78, 5) is 11.7. The molecular formula is C13H28N2O2. The van der Waals surface area contributed by atoms with Gasteiger partial charge in [-0.2, -0.15) is 0 Å². The Labute approximate surface area is 105 Å². The Morgan fingerprint density at radius 3 is 2.41 bits per heavy atom. The van der Waals surface area contributed by atoms with Crippen LogP contribution in [0.3, 0.4) is 0 Å². The molecule has 0 radical (unpaired) electrons. The monoisotopic (exact) mass is 244 g/mol. The van der Waals surface area contributed by atoms with Gasteiger partial charge in [0.1, 0.15) is 0 Å². The van der Waals surface area contributed by atoms with E-state index in [4.69, 9.17) is 10.5 Å². The number of methoxy groups -OCH3 is 1. The molecule has 0 aliphatic carbocycles. The van der Waals surface area contributed by atoms with Crippen LogP contribution in [0.4, 0.5) is 0 Å². The molecule has 1 amide bonds. The summed E-state index contributed by atoms with van der Waals surface area (Å²) in [5, 5.41) is 2.98. The van der Waals surface area contributed by atoms with Crippen LogP contribution >= 0.6 is 0 Å². The van der Waals surface area contributed by atoms with Gasteiger partial charge >= 0.3 is 0 Å². The lowest BCUT2D eigenvalue weighted by Crippen LogP contribution is -2.37. The molecule has 4 nitrogen and oxygen atoms in total. The second kappa shape index (κ2) is 7.67. The van der Waals surface area contributed by atoms with E-state index in [1.54, 1.807) is 7.11 Å². The highest BCUT2D eigenvalue weighted by Crippen LogP contribution is 2.21. The normalized spacial score (nSPS) is 15.4. The van der Waals surface area contributed by atoms with E-state index < -0.39 is 0 Å². The third-order valence-corrected chi connectivity index (χ3v) is 2.74. The predicted octanol–water partition coefficient (Wildman–Crippen LogP) is 1.68. The van der Waals surface area contributed by atoms with E-state index in [-0.39, 0.29) is 18.1 Å². The van der Waals surface area contributed by atoms with Gasteiger partial charge in [0.05, 0.1) is 12.5 Å². The summed E-state index contributed by atoms with van der Waals surface area (Å²) in [5.41, 5.74) is 5.78. The van der Waals surface area contributed by atoms with Gasteiger partial charge in [0.15, 0.2) is 0 Å². The molecule has 3 N–H and O–H groups in total. The maximum absolute atomic E-state index is 11.7. The van der Waals surface area contributed by atoms with Gasteiger partial charge in [-0.3, -0.25) is 4.79 Å². The van der Waals surface area contributed by atoms with Crippen LogP contribution in [-0.2, 0) is 9.53 Å². The molecule has 0 aliphatic rings. The molecule has 0 aromatic heterocycles. The topological polar surface area (TPSA) is 64.3 Å². The number of amides is 1. The van der Waals surface area contributed by atoms with E-state index in [9.17, 15) is 4.79 Å². The fourth-order valence-corrected chi connectivity index (χ4v) is 1.53. The molecule has 0 aromatic carbocycles. The van der Waals surface area contributed by atoms with Crippen LogP contribution in [0.25, 0.3) is 0 Å². The number of nitrogens with two attached hydrogens (primary N) is 1. The maximum atomic E-state index is 11.7. The van der Waals surface area contributed by atoms with Gasteiger partial charge in [-0.15, -0.1) is 0 Å². The van der Waals surface area contributed by atoms with Crippen molar-refractivity contribution in [2.24, 2.45) is 11.1 Å². The fraction of sp³-hybridized carbons (Fsp3) is 0.923. The van der Waals surface area contributed by atoms with Crippen LogP contribution in [0.5, 0.6) is 0 Å². The minimum Gasteiger partial charge on any atom is -0.380 e. The maximum Gasteiger partial charge on any atom is 0.222 e. The van der Waals surface area contributed by atoms with Crippen LogP contribution in [0, 0.1) is 5.41 Å². The molecule has 0 heterocycles. The van der Waals surface area contributed by atoms with Crippen molar-refractivity contribution in [1.82, 2.24) is 5.32 Å². The Kier molecular flexibility index (Phi) is 7.39. The van der Waals surface area contributed by atoms with Gasteiger partial charge in [0.2, 0.25) is 5.91 Å². The Hall–Kier alpha value is -0.610. The number of rotatable bonds is 7. The van der Waals surface area contributed by atoms with Gasteiger partial charge in [0.25, 0.3) is 0 Å². The molecule has 0 bridgehead atoms. The first-order chi connectivity index (χ1) is 7.78. The number of carbonyl (C=O) groups excluding carboxylic acids is 1. The molecule has 0 saturated heterocycles. The van der Waals surface area contributed by atoms with Crippen molar-refractivity contribution < 1.29 is 9.53 Å². The van der Waals surface area contributed by atoms with Crippen molar-refractivity contribution in [2.75, 3.05) is 13.7 Å². The molecule has 2 unspecified atom stereocenters. The zero-order valence-corrected chi connectivity index (χ0v) is 11.9. The number of nitrogens with one attached hydrogen (secondary N) is 1. The van der Waals surface area contributed by atoms with Crippen molar-refractivity contribution in [2.45, 2.75) is 59.1 Å². The molecule has 4 heteroatoms. The lowest BCUT2D eigenvalue weighted by Gasteiger charge is -2.22. The average molecular weight is 244 g/mol. The number of hydrogen-bond acceptors (Lipinski definition) is 3. The quantitative estimate of drug-likeness (QED) is 0.716. The number of hydrogen-bond donors (Lipinski definition) is 2. The fourth-order valence-electron chi connectivity index (χ4n) is 1.53. The minimum absolute atomic E-state index is 0.0173. The van der Waals surface area contributed by atoms with E-state index in [0.717, 1.165) is 12.8 Å². The first-order valence-corrected chi connectivity index (χ1v) is 6.30. The van der Waals surface area contributed by atoms with Crippen LogP contribution < -0.4 is 11.1 Å². The van der Waals surface area contributed by atoms with Gasteiger partial charge in [0, 0.05) is 19.7 Å². The minimum atomic E-state index is -0.176. The summed E-state index contributed by atoms with van der Waals surface area (Å²) in [6.07, 6.45) is 2.26. The summed E-state index contributed by atoms with van der Waals surface area (Å²) in [5.74, 6) is 0.0173. The first-order valence-electron chi connectivity index (χ1n) is 6.30. The van der Waals surface area contributed by atoms with Crippen molar-refractivity contribution in [3.63, 3.8) is 0 Å². The second-order valence-electron chi connectivity index (χ2n) is 5.87. The Balaban J connectivity index is 3.87. The molecule has 2 atom stereocenters. The van der Waals surface area contributed by atoms with Crippen LogP contribution in [0.1, 0.15) is 47.0 Å². The highest BCUT2D eigenvalue weighted by Gasteiger charge is 2.16. The largest absolute Gasteiger partial charge is 0.380 e. The molecule has 0 saturated carbocycles. The highest BCUT2D eigenvalue weighted by atomic mass is 16.5. The number of ether oxygens (including phenoxy) is 1. The van der Waals surface area contributed by atoms with Gasteiger partial charge in [-0.1, -0.05) is 20.8 Å².